The number of ether oxygens (including phenoxy) is 1. The summed E-state index contributed by atoms with van der Waals surface area (Å²) in [7, 11) is -1.97. The van der Waals surface area contributed by atoms with Crippen LogP contribution >= 0.6 is 11.3 Å². The van der Waals surface area contributed by atoms with E-state index in [1.54, 1.807) is 23.0 Å². The normalized spacial score (nSPS) is 11.4. The Morgan fingerprint density at radius 3 is 2.61 bits per heavy atom. The summed E-state index contributed by atoms with van der Waals surface area (Å²) in [6.45, 7) is 0.192. The molecule has 1 N–H and O–H groups in total. The molecule has 0 saturated heterocycles. The van der Waals surface area contributed by atoms with E-state index in [1.165, 1.54) is 30.6 Å². The summed E-state index contributed by atoms with van der Waals surface area (Å²) in [6, 6.07) is 6.22. The van der Waals surface area contributed by atoms with Gasteiger partial charge in [-0.15, -0.1) is 11.3 Å². The van der Waals surface area contributed by atoms with Gasteiger partial charge in [0.1, 0.15) is 5.75 Å². The minimum absolute atomic E-state index is 0.192. The predicted octanol–water partition coefficient (Wildman–Crippen LogP) is 1.63. The second-order valence-electron chi connectivity index (χ2n) is 3.48. The van der Waals surface area contributed by atoms with Crippen molar-refractivity contribution in [3.8, 4) is 5.75 Å². The Bertz CT molecular complexity index is 592. The molecule has 2 rings (SSSR count). The Hall–Kier alpha value is -1.44. The molecule has 2 aromatic rings. The number of thiazole rings is 1. The van der Waals surface area contributed by atoms with Crippen LogP contribution in [0.1, 0.15) is 5.69 Å². The lowest BCUT2D eigenvalue weighted by atomic mass is 10.3. The fourth-order valence-corrected chi connectivity index (χ4v) is 2.89. The van der Waals surface area contributed by atoms with E-state index in [-0.39, 0.29) is 11.4 Å². The molecule has 0 radical (unpaired) electrons. The largest absolute Gasteiger partial charge is 0.497 e. The molecule has 1 heterocycles. The summed E-state index contributed by atoms with van der Waals surface area (Å²) in [5.41, 5.74) is 2.37. The van der Waals surface area contributed by atoms with Gasteiger partial charge in [-0.2, -0.15) is 0 Å². The third-order valence-corrected chi connectivity index (χ3v) is 4.35. The van der Waals surface area contributed by atoms with Crippen molar-refractivity contribution in [2.75, 3.05) is 7.11 Å². The number of benzene rings is 1. The number of aromatic nitrogens is 1. The molecule has 0 aliphatic heterocycles. The molecular weight excluding hydrogens is 272 g/mol. The first kappa shape index (κ1) is 13.0. The monoisotopic (exact) mass is 284 g/mol. The molecular formula is C11H12N2O3S2. The van der Waals surface area contributed by atoms with Crippen LogP contribution in [0.4, 0.5) is 0 Å². The number of nitrogens with one attached hydrogen (secondary N) is 1. The van der Waals surface area contributed by atoms with E-state index in [0.717, 1.165) is 0 Å². The zero-order chi connectivity index (χ0) is 13.0. The van der Waals surface area contributed by atoms with Crippen molar-refractivity contribution in [3.05, 3.63) is 40.8 Å². The van der Waals surface area contributed by atoms with E-state index < -0.39 is 10.0 Å². The van der Waals surface area contributed by atoms with Crippen LogP contribution in [-0.2, 0) is 16.6 Å². The second-order valence-corrected chi connectivity index (χ2v) is 5.97. The van der Waals surface area contributed by atoms with Crippen LogP contribution in [0.15, 0.2) is 40.1 Å². The summed E-state index contributed by atoms with van der Waals surface area (Å²) in [5.74, 6) is 0.619. The van der Waals surface area contributed by atoms with Crippen LogP contribution in [-0.4, -0.2) is 20.5 Å². The van der Waals surface area contributed by atoms with Gasteiger partial charge in [-0.05, 0) is 24.3 Å². The van der Waals surface area contributed by atoms with Gasteiger partial charge in [-0.1, -0.05) is 0 Å². The van der Waals surface area contributed by atoms with Crippen molar-refractivity contribution < 1.29 is 13.2 Å². The molecule has 0 aliphatic carbocycles. The van der Waals surface area contributed by atoms with Crippen molar-refractivity contribution in [2.24, 2.45) is 0 Å². The molecule has 1 aromatic heterocycles. The highest BCUT2D eigenvalue weighted by molar-refractivity contribution is 7.89. The van der Waals surface area contributed by atoms with E-state index in [4.69, 9.17) is 4.74 Å². The fourth-order valence-electron chi connectivity index (χ4n) is 1.33. The van der Waals surface area contributed by atoms with E-state index in [2.05, 4.69) is 9.71 Å². The van der Waals surface area contributed by atoms with Gasteiger partial charge < -0.3 is 4.74 Å². The van der Waals surface area contributed by atoms with E-state index in [1.807, 2.05) is 0 Å². The number of methoxy groups -OCH3 is 1. The van der Waals surface area contributed by atoms with Crippen molar-refractivity contribution in [2.45, 2.75) is 11.4 Å². The Kier molecular flexibility index (Phi) is 3.95. The topological polar surface area (TPSA) is 68.3 Å². The maximum absolute atomic E-state index is 12.0. The van der Waals surface area contributed by atoms with Crippen molar-refractivity contribution in [1.29, 1.82) is 0 Å². The first-order valence-corrected chi connectivity index (χ1v) is 7.55. The standard InChI is InChI=1S/C11H12N2O3S2/c1-16-10-2-4-11(5-3-10)18(14,15)13-6-9-7-17-8-12-9/h2-5,7-8,13H,6H2,1H3. The van der Waals surface area contributed by atoms with Gasteiger partial charge in [-0.25, -0.2) is 18.1 Å². The summed E-state index contributed by atoms with van der Waals surface area (Å²) >= 11 is 1.43. The maximum Gasteiger partial charge on any atom is 0.240 e. The summed E-state index contributed by atoms with van der Waals surface area (Å²) in [5, 5.41) is 1.80. The number of rotatable bonds is 5. The van der Waals surface area contributed by atoms with E-state index >= 15 is 0 Å². The first-order valence-electron chi connectivity index (χ1n) is 5.12. The van der Waals surface area contributed by atoms with Gasteiger partial charge >= 0.3 is 0 Å². The molecule has 0 unspecified atom stereocenters. The highest BCUT2D eigenvalue weighted by Gasteiger charge is 2.13. The van der Waals surface area contributed by atoms with Gasteiger partial charge in [0.15, 0.2) is 0 Å². The number of sulfonamides is 1. The zero-order valence-electron chi connectivity index (χ0n) is 9.66. The molecule has 0 bridgehead atoms. The molecule has 0 spiro atoms. The highest BCUT2D eigenvalue weighted by atomic mass is 32.2. The van der Waals surface area contributed by atoms with Gasteiger partial charge in [-0.3, -0.25) is 0 Å². The minimum Gasteiger partial charge on any atom is -0.497 e. The van der Waals surface area contributed by atoms with Crippen molar-refractivity contribution >= 4 is 21.4 Å². The van der Waals surface area contributed by atoms with Crippen LogP contribution in [0, 0.1) is 0 Å². The minimum atomic E-state index is -3.50. The number of nitrogens with zero attached hydrogens (tertiary/aromatic N) is 1. The fraction of sp³-hybridized carbons (Fsp3) is 0.182. The van der Waals surface area contributed by atoms with Crippen LogP contribution in [0.25, 0.3) is 0 Å². The average Bonchev–Trinajstić information content (AvgIpc) is 2.90. The summed E-state index contributed by atoms with van der Waals surface area (Å²) in [6.07, 6.45) is 0. The Morgan fingerprint density at radius 1 is 1.33 bits per heavy atom. The zero-order valence-corrected chi connectivity index (χ0v) is 11.3. The van der Waals surface area contributed by atoms with Gasteiger partial charge in [0.2, 0.25) is 10.0 Å². The average molecular weight is 284 g/mol. The van der Waals surface area contributed by atoms with Gasteiger partial charge in [0.25, 0.3) is 0 Å². The lowest BCUT2D eigenvalue weighted by Gasteiger charge is -2.06. The lowest BCUT2D eigenvalue weighted by molar-refractivity contribution is 0.414. The first-order chi connectivity index (χ1) is 8.62. The molecule has 0 aliphatic rings. The number of hydrogen-bond acceptors (Lipinski definition) is 5. The van der Waals surface area contributed by atoms with Crippen LogP contribution in [0.3, 0.4) is 0 Å². The molecule has 5 nitrogen and oxygen atoms in total. The molecule has 1 aromatic carbocycles. The quantitative estimate of drug-likeness (QED) is 0.906. The summed E-state index contributed by atoms with van der Waals surface area (Å²) < 4.78 is 31.4. The maximum atomic E-state index is 12.0. The smallest absolute Gasteiger partial charge is 0.240 e. The molecule has 7 heteroatoms. The number of hydrogen-bond donors (Lipinski definition) is 1. The Labute approximate surface area is 110 Å². The molecule has 18 heavy (non-hydrogen) atoms. The third-order valence-electron chi connectivity index (χ3n) is 2.30. The molecule has 0 atom stereocenters. The molecule has 0 amide bonds. The van der Waals surface area contributed by atoms with Gasteiger partial charge in [0.05, 0.1) is 29.8 Å². The molecule has 0 saturated carbocycles. The van der Waals surface area contributed by atoms with E-state index in [9.17, 15) is 8.42 Å². The van der Waals surface area contributed by atoms with Crippen LogP contribution in [0.5, 0.6) is 5.75 Å². The van der Waals surface area contributed by atoms with Crippen LogP contribution in [0.2, 0.25) is 0 Å². The molecule has 96 valence electrons. The summed E-state index contributed by atoms with van der Waals surface area (Å²) in [4.78, 5) is 4.22. The van der Waals surface area contributed by atoms with Crippen LogP contribution < -0.4 is 9.46 Å². The third kappa shape index (κ3) is 3.06. The molecule has 0 fully saturated rings. The Balaban J connectivity index is 2.09. The lowest BCUT2D eigenvalue weighted by Crippen LogP contribution is -2.23. The predicted molar refractivity (Wildman–Crippen MR) is 69.1 cm³/mol. The SMILES string of the molecule is COc1ccc(S(=O)(=O)NCc2cscn2)cc1. The Morgan fingerprint density at radius 2 is 2.06 bits per heavy atom. The second kappa shape index (κ2) is 5.47. The van der Waals surface area contributed by atoms with Crippen molar-refractivity contribution in [1.82, 2.24) is 9.71 Å². The van der Waals surface area contributed by atoms with Crippen molar-refractivity contribution in [3.63, 3.8) is 0 Å². The van der Waals surface area contributed by atoms with E-state index in [0.29, 0.717) is 11.4 Å². The van der Waals surface area contributed by atoms with Gasteiger partial charge in [0, 0.05) is 5.38 Å². The highest BCUT2D eigenvalue weighted by Crippen LogP contribution is 2.15.